The van der Waals surface area contributed by atoms with Gasteiger partial charge < -0.3 is 9.88 Å². The second-order valence-electron chi connectivity index (χ2n) is 5.01. The first-order valence-corrected chi connectivity index (χ1v) is 7.96. The number of carbonyl (C=O) groups excluding carboxylic acids is 1. The lowest BCUT2D eigenvalue weighted by atomic mass is 10.1. The van der Waals surface area contributed by atoms with Crippen molar-refractivity contribution >= 4 is 17.2 Å². The maximum atomic E-state index is 12.2. The fraction of sp³-hybridized carbons (Fsp3) is 0.118. The number of rotatable bonds is 4. The van der Waals surface area contributed by atoms with Gasteiger partial charge in [0.05, 0.1) is 10.6 Å². The molecule has 0 saturated heterocycles. The SMILES string of the molecule is Cn1cccc(C(=O)NCc2cccnc2-c2cccs2)c1=O. The Morgan fingerprint density at radius 3 is 2.91 bits per heavy atom. The molecule has 3 aromatic heterocycles. The summed E-state index contributed by atoms with van der Waals surface area (Å²) in [5, 5.41) is 4.78. The highest BCUT2D eigenvalue weighted by molar-refractivity contribution is 7.13. The lowest BCUT2D eigenvalue weighted by Gasteiger charge is -2.09. The van der Waals surface area contributed by atoms with Gasteiger partial charge in [0.15, 0.2) is 0 Å². The van der Waals surface area contributed by atoms with Gasteiger partial charge in [0.2, 0.25) is 0 Å². The van der Waals surface area contributed by atoms with E-state index in [-0.39, 0.29) is 17.0 Å². The van der Waals surface area contributed by atoms with Crippen molar-refractivity contribution in [1.29, 1.82) is 0 Å². The molecular weight excluding hydrogens is 310 g/mol. The number of nitrogens with zero attached hydrogens (tertiary/aromatic N) is 2. The van der Waals surface area contributed by atoms with E-state index in [1.54, 1.807) is 36.8 Å². The Kier molecular flexibility index (Phi) is 4.34. The third-order valence-corrected chi connectivity index (χ3v) is 4.33. The Morgan fingerprint density at radius 2 is 2.13 bits per heavy atom. The molecule has 0 unspecified atom stereocenters. The van der Waals surface area contributed by atoms with E-state index in [0.717, 1.165) is 16.1 Å². The van der Waals surface area contributed by atoms with E-state index < -0.39 is 0 Å². The van der Waals surface area contributed by atoms with E-state index in [2.05, 4.69) is 10.3 Å². The zero-order valence-corrected chi connectivity index (χ0v) is 13.3. The number of carbonyl (C=O) groups is 1. The summed E-state index contributed by atoms with van der Waals surface area (Å²) >= 11 is 1.60. The average molecular weight is 325 g/mol. The molecule has 0 aliphatic carbocycles. The van der Waals surface area contributed by atoms with E-state index >= 15 is 0 Å². The van der Waals surface area contributed by atoms with Gasteiger partial charge in [-0.15, -0.1) is 11.3 Å². The fourth-order valence-corrected chi connectivity index (χ4v) is 3.01. The summed E-state index contributed by atoms with van der Waals surface area (Å²) in [7, 11) is 1.62. The first kappa shape index (κ1) is 15.2. The summed E-state index contributed by atoms with van der Waals surface area (Å²) in [4.78, 5) is 29.7. The number of thiophene rings is 1. The van der Waals surface area contributed by atoms with Crippen LogP contribution in [-0.2, 0) is 13.6 Å². The van der Waals surface area contributed by atoms with Crippen molar-refractivity contribution in [2.45, 2.75) is 6.54 Å². The van der Waals surface area contributed by atoms with Crippen LogP contribution in [0, 0.1) is 0 Å². The van der Waals surface area contributed by atoms with Crippen LogP contribution in [0.15, 0.2) is 59.0 Å². The molecule has 116 valence electrons. The largest absolute Gasteiger partial charge is 0.348 e. The molecule has 5 nitrogen and oxygen atoms in total. The second-order valence-corrected chi connectivity index (χ2v) is 5.96. The lowest BCUT2D eigenvalue weighted by Crippen LogP contribution is -2.31. The number of aromatic nitrogens is 2. The molecule has 0 spiro atoms. The zero-order chi connectivity index (χ0) is 16.2. The molecule has 0 bridgehead atoms. The fourth-order valence-electron chi connectivity index (χ4n) is 2.26. The van der Waals surface area contributed by atoms with Gasteiger partial charge in [0, 0.05) is 26.0 Å². The first-order chi connectivity index (χ1) is 11.2. The van der Waals surface area contributed by atoms with Crippen LogP contribution in [-0.4, -0.2) is 15.5 Å². The van der Waals surface area contributed by atoms with Crippen LogP contribution in [0.2, 0.25) is 0 Å². The molecule has 1 N–H and O–H groups in total. The summed E-state index contributed by atoms with van der Waals surface area (Å²) in [6, 6.07) is 10.9. The van der Waals surface area contributed by atoms with Gasteiger partial charge in [-0.1, -0.05) is 12.1 Å². The highest BCUT2D eigenvalue weighted by Gasteiger charge is 2.12. The summed E-state index contributed by atoms with van der Waals surface area (Å²) in [6.45, 7) is 0.317. The zero-order valence-electron chi connectivity index (χ0n) is 12.5. The van der Waals surface area contributed by atoms with Crippen molar-refractivity contribution in [1.82, 2.24) is 14.9 Å². The Labute approximate surface area is 137 Å². The third-order valence-electron chi connectivity index (χ3n) is 3.45. The van der Waals surface area contributed by atoms with Crippen LogP contribution in [0.1, 0.15) is 15.9 Å². The maximum Gasteiger partial charge on any atom is 0.263 e. The minimum Gasteiger partial charge on any atom is -0.348 e. The van der Waals surface area contributed by atoms with E-state index in [9.17, 15) is 9.59 Å². The predicted octanol–water partition coefficient (Wildman–Crippen LogP) is 2.44. The number of amides is 1. The Morgan fingerprint density at radius 1 is 1.26 bits per heavy atom. The molecule has 1 amide bonds. The molecule has 3 aromatic rings. The second kappa shape index (κ2) is 6.58. The predicted molar refractivity (Wildman–Crippen MR) is 90.4 cm³/mol. The molecule has 0 aromatic carbocycles. The minimum absolute atomic E-state index is 0.136. The first-order valence-electron chi connectivity index (χ1n) is 7.08. The van der Waals surface area contributed by atoms with Gasteiger partial charge in [-0.2, -0.15) is 0 Å². The molecule has 6 heteroatoms. The van der Waals surface area contributed by atoms with Gasteiger partial charge in [-0.3, -0.25) is 14.6 Å². The molecule has 3 rings (SSSR count). The van der Waals surface area contributed by atoms with E-state index in [0.29, 0.717) is 6.54 Å². The quantitative estimate of drug-likeness (QED) is 0.801. The average Bonchev–Trinajstić information content (AvgIpc) is 3.10. The van der Waals surface area contributed by atoms with E-state index in [1.807, 2.05) is 29.6 Å². The number of nitrogens with one attached hydrogen (secondary N) is 1. The molecule has 0 atom stereocenters. The van der Waals surface area contributed by atoms with Crippen molar-refractivity contribution in [2.75, 3.05) is 0 Å². The maximum absolute atomic E-state index is 12.2. The number of hydrogen-bond acceptors (Lipinski definition) is 4. The van der Waals surface area contributed by atoms with E-state index in [1.165, 1.54) is 10.6 Å². The minimum atomic E-state index is -0.382. The number of aryl methyl sites for hydroxylation is 1. The van der Waals surface area contributed by atoms with Crippen molar-refractivity contribution < 1.29 is 4.79 Å². The van der Waals surface area contributed by atoms with Gasteiger partial charge in [-0.25, -0.2) is 0 Å². The van der Waals surface area contributed by atoms with Crippen molar-refractivity contribution in [2.24, 2.45) is 7.05 Å². The van der Waals surface area contributed by atoms with Crippen LogP contribution in [0.25, 0.3) is 10.6 Å². The van der Waals surface area contributed by atoms with Gasteiger partial charge in [-0.05, 0) is 35.2 Å². The number of hydrogen-bond donors (Lipinski definition) is 1. The molecule has 3 heterocycles. The van der Waals surface area contributed by atoms with Crippen LogP contribution >= 0.6 is 11.3 Å². The Hall–Kier alpha value is -2.73. The van der Waals surface area contributed by atoms with Crippen molar-refractivity contribution in [3.8, 4) is 10.6 Å². The summed E-state index contributed by atoms with van der Waals surface area (Å²) in [5.74, 6) is -0.382. The molecule has 0 aliphatic rings. The van der Waals surface area contributed by atoms with Gasteiger partial charge in [0.1, 0.15) is 5.56 Å². The number of pyridine rings is 2. The Bertz CT molecular complexity index is 885. The van der Waals surface area contributed by atoms with Crippen LogP contribution in [0.3, 0.4) is 0 Å². The normalized spacial score (nSPS) is 10.5. The van der Waals surface area contributed by atoms with Crippen LogP contribution in [0.4, 0.5) is 0 Å². The van der Waals surface area contributed by atoms with Gasteiger partial charge in [0.25, 0.3) is 11.5 Å². The Balaban J connectivity index is 1.80. The third kappa shape index (κ3) is 3.22. The molecule has 0 saturated carbocycles. The molecule has 0 fully saturated rings. The summed E-state index contributed by atoms with van der Waals surface area (Å²) in [6.07, 6.45) is 3.35. The topological polar surface area (TPSA) is 64.0 Å². The molecule has 23 heavy (non-hydrogen) atoms. The standard InChI is InChI=1S/C17H15N3O2S/c1-20-9-3-6-13(17(20)22)16(21)19-11-12-5-2-8-18-15(12)14-7-4-10-23-14/h2-10H,11H2,1H3,(H,19,21). The van der Waals surface area contributed by atoms with E-state index in [4.69, 9.17) is 0 Å². The molecule has 0 radical (unpaired) electrons. The van der Waals surface area contributed by atoms with Crippen LogP contribution in [0.5, 0.6) is 0 Å². The lowest BCUT2D eigenvalue weighted by molar-refractivity contribution is 0.0949. The summed E-state index contributed by atoms with van der Waals surface area (Å²) < 4.78 is 1.38. The highest BCUT2D eigenvalue weighted by Crippen LogP contribution is 2.25. The van der Waals surface area contributed by atoms with Crippen molar-refractivity contribution in [3.63, 3.8) is 0 Å². The highest BCUT2D eigenvalue weighted by atomic mass is 32.1. The summed E-state index contributed by atoms with van der Waals surface area (Å²) in [5.41, 5.74) is 1.59. The van der Waals surface area contributed by atoms with Crippen LogP contribution < -0.4 is 10.9 Å². The molecular formula is C17H15N3O2S. The van der Waals surface area contributed by atoms with Crippen molar-refractivity contribution in [3.05, 3.63) is 75.7 Å². The smallest absolute Gasteiger partial charge is 0.263 e. The molecule has 0 aliphatic heterocycles. The van der Waals surface area contributed by atoms with Gasteiger partial charge >= 0.3 is 0 Å². The monoisotopic (exact) mass is 325 g/mol.